The van der Waals surface area contributed by atoms with E-state index in [2.05, 4.69) is 4.98 Å². The molecule has 1 N–H and O–H groups in total. The largest absolute Gasteiger partial charge is 0.480 e. The van der Waals surface area contributed by atoms with E-state index in [1.165, 1.54) is 39.1 Å². The number of carboxylic acid groups (broad SMARTS) is 1. The minimum Gasteiger partial charge on any atom is -0.480 e. The molecule has 2 rings (SSSR count). The van der Waals surface area contributed by atoms with E-state index in [4.69, 9.17) is 0 Å². The molecule has 2 aromatic rings. The van der Waals surface area contributed by atoms with E-state index in [0.717, 1.165) is 9.47 Å². The Morgan fingerprint density at radius 3 is 2.27 bits per heavy atom. The molecule has 0 spiro atoms. The number of carboxylic acids is 1. The number of halogens is 3. The van der Waals surface area contributed by atoms with Gasteiger partial charge in [0.05, 0.1) is 11.0 Å². The Bertz CT molecular complexity index is 869. The van der Waals surface area contributed by atoms with Crippen LogP contribution in [0.15, 0.2) is 18.2 Å². The van der Waals surface area contributed by atoms with Crippen LogP contribution in [-0.4, -0.2) is 44.0 Å². The van der Waals surface area contributed by atoms with Gasteiger partial charge in [0.25, 0.3) is 5.91 Å². The summed E-state index contributed by atoms with van der Waals surface area (Å²) in [5, 5.41) is 9.23. The number of likely N-dealkylation sites (N-methyl/N-ethyl adjacent to an activating group) is 1. The number of alkyl halides is 3. The molecule has 0 atom stereocenters. The third-order valence-electron chi connectivity index (χ3n) is 4.37. The summed E-state index contributed by atoms with van der Waals surface area (Å²) in [5.74, 6) is -2.85. The first-order valence-electron chi connectivity index (χ1n) is 7.89. The van der Waals surface area contributed by atoms with Gasteiger partial charge in [0.15, 0.2) is 0 Å². The smallest absolute Gasteiger partial charge is 0.449 e. The lowest BCUT2D eigenvalue weighted by Gasteiger charge is -2.31. The lowest BCUT2D eigenvalue weighted by atomic mass is 10.0. The fourth-order valence-corrected chi connectivity index (χ4v) is 2.55. The van der Waals surface area contributed by atoms with E-state index in [0.29, 0.717) is 0 Å². The predicted octanol–water partition coefficient (Wildman–Crippen LogP) is 3.57. The molecule has 0 radical (unpaired) electrons. The van der Waals surface area contributed by atoms with Gasteiger partial charge in [0.2, 0.25) is 5.82 Å². The minimum atomic E-state index is -4.63. The number of benzene rings is 1. The standard InChI is InChI=1S/C17H20F3N3O3/c1-9(2)23-12-7-6-10(8-11(12)21-14(23)17(18,19)20)13(24)22(5)16(3,4)15(25)26/h6-9H,1-5H3,(H,25,26). The molecule has 1 amide bonds. The highest BCUT2D eigenvalue weighted by molar-refractivity contribution is 5.99. The average Bonchev–Trinajstić information content (AvgIpc) is 2.92. The molecule has 1 aromatic heterocycles. The zero-order chi connectivity index (χ0) is 20.0. The van der Waals surface area contributed by atoms with Crippen LogP contribution < -0.4 is 0 Å². The lowest BCUT2D eigenvalue weighted by molar-refractivity contribution is -0.148. The third-order valence-corrected chi connectivity index (χ3v) is 4.37. The summed E-state index contributed by atoms with van der Waals surface area (Å²) < 4.78 is 40.8. The molecule has 0 bridgehead atoms. The van der Waals surface area contributed by atoms with Crippen molar-refractivity contribution in [3.63, 3.8) is 0 Å². The molecule has 1 heterocycles. The Labute approximate surface area is 148 Å². The number of hydrogen-bond donors (Lipinski definition) is 1. The summed E-state index contributed by atoms with van der Waals surface area (Å²) in [5.41, 5.74) is -1.13. The first kappa shape index (κ1) is 19.7. The van der Waals surface area contributed by atoms with Crippen LogP contribution in [0.1, 0.15) is 49.9 Å². The van der Waals surface area contributed by atoms with Crippen LogP contribution >= 0.6 is 0 Å². The maximum Gasteiger partial charge on any atom is 0.449 e. The molecule has 0 fully saturated rings. The fraction of sp³-hybridized carbons (Fsp3) is 0.471. The van der Waals surface area contributed by atoms with Gasteiger partial charge in [-0.1, -0.05) is 0 Å². The third kappa shape index (κ3) is 3.25. The number of imidazole rings is 1. The van der Waals surface area contributed by atoms with Crippen molar-refractivity contribution in [3.8, 4) is 0 Å². The Balaban J connectivity index is 2.57. The number of carbonyl (C=O) groups is 2. The number of aromatic nitrogens is 2. The van der Waals surface area contributed by atoms with E-state index >= 15 is 0 Å². The topological polar surface area (TPSA) is 75.4 Å². The van der Waals surface area contributed by atoms with Gasteiger partial charge < -0.3 is 14.6 Å². The van der Waals surface area contributed by atoms with Crippen molar-refractivity contribution in [2.24, 2.45) is 0 Å². The maximum atomic E-state index is 13.3. The minimum absolute atomic E-state index is 0.0263. The zero-order valence-corrected chi connectivity index (χ0v) is 15.0. The number of fused-ring (bicyclic) bond motifs is 1. The van der Waals surface area contributed by atoms with Crippen LogP contribution in [0.2, 0.25) is 0 Å². The first-order chi connectivity index (χ1) is 11.8. The van der Waals surface area contributed by atoms with Crippen LogP contribution in [0.3, 0.4) is 0 Å². The molecule has 1 aromatic carbocycles. The molecule has 26 heavy (non-hydrogen) atoms. The second-order valence-electron chi connectivity index (χ2n) is 6.83. The maximum absolute atomic E-state index is 13.3. The van der Waals surface area contributed by atoms with E-state index in [1.807, 2.05) is 0 Å². The van der Waals surface area contributed by atoms with Crippen LogP contribution in [0.5, 0.6) is 0 Å². The highest BCUT2D eigenvalue weighted by Crippen LogP contribution is 2.34. The molecule has 0 saturated carbocycles. The van der Waals surface area contributed by atoms with Gasteiger partial charge in [0, 0.05) is 18.7 Å². The summed E-state index contributed by atoms with van der Waals surface area (Å²) in [6, 6.07) is 3.54. The lowest BCUT2D eigenvalue weighted by Crippen LogP contribution is -2.50. The number of amides is 1. The van der Waals surface area contributed by atoms with Gasteiger partial charge in [0.1, 0.15) is 5.54 Å². The summed E-state index contributed by atoms with van der Waals surface area (Å²) in [7, 11) is 1.33. The highest BCUT2D eigenvalue weighted by atomic mass is 19.4. The molecule has 0 aliphatic heterocycles. The quantitative estimate of drug-likeness (QED) is 0.892. The van der Waals surface area contributed by atoms with Crippen molar-refractivity contribution in [3.05, 3.63) is 29.6 Å². The predicted molar refractivity (Wildman–Crippen MR) is 88.9 cm³/mol. The highest BCUT2D eigenvalue weighted by Gasteiger charge is 2.39. The van der Waals surface area contributed by atoms with Gasteiger partial charge >= 0.3 is 12.1 Å². The second-order valence-corrected chi connectivity index (χ2v) is 6.83. The van der Waals surface area contributed by atoms with Gasteiger partial charge in [-0.15, -0.1) is 0 Å². The van der Waals surface area contributed by atoms with Crippen LogP contribution in [0.4, 0.5) is 13.2 Å². The van der Waals surface area contributed by atoms with E-state index in [-0.39, 0.29) is 16.6 Å². The van der Waals surface area contributed by atoms with Crippen molar-refractivity contribution < 1.29 is 27.9 Å². The monoisotopic (exact) mass is 371 g/mol. The Hall–Kier alpha value is -2.58. The second kappa shape index (κ2) is 6.30. The van der Waals surface area contributed by atoms with Gasteiger partial charge in [-0.05, 0) is 45.9 Å². The summed E-state index contributed by atoms with van der Waals surface area (Å²) >= 11 is 0. The van der Waals surface area contributed by atoms with Gasteiger partial charge in [-0.2, -0.15) is 13.2 Å². The van der Waals surface area contributed by atoms with Crippen molar-refractivity contribution in [1.82, 2.24) is 14.5 Å². The van der Waals surface area contributed by atoms with Gasteiger partial charge in [-0.25, -0.2) is 9.78 Å². The van der Waals surface area contributed by atoms with Crippen molar-refractivity contribution in [1.29, 1.82) is 0 Å². The zero-order valence-electron chi connectivity index (χ0n) is 15.0. The molecule has 0 saturated heterocycles. The summed E-state index contributed by atoms with van der Waals surface area (Å²) in [4.78, 5) is 28.6. The summed E-state index contributed by atoms with van der Waals surface area (Å²) in [6.07, 6.45) is -4.63. The van der Waals surface area contributed by atoms with E-state index in [1.54, 1.807) is 13.8 Å². The molecule has 0 aliphatic carbocycles. The van der Waals surface area contributed by atoms with E-state index in [9.17, 15) is 27.9 Å². The Morgan fingerprint density at radius 2 is 1.81 bits per heavy atom. The average molecular weight is 371 g/mol. The number of aliphatic carboxylic acids is 1. The molecule has 142 valence electrons. The van der Waals surface area contributed by atoms with Crippen molar-refractivity contribution >= 4 is 22.9 Å². The van der Waals surface area contributed by atoms with Crippen molar-refractivity contribution in [2.75, 3.05) is 7.05 Å². The number of nitrogens with zero attached hydrogens (tertiary/aromatic N) is 3. The van der Waals surface area contributed by atoms with Gasteiger partial charge in [-0.3, -0.25) is 4.79 Å². The first-order valence-corrected chi connectivity index (χ1v) is 7.89. The molecule has 9 heteroatoms. The van der Waals surface area contributed by atoms with E-state index < -0.39 is 35.5 Å². The number of rotatable bonds is 4. The Morgan fingerprint density at radius 1 is 1.23 bits per heavy atom. The SMILES string of the molecule is CC(C)n1c(C(F)(F)F)nc2cc(C(=O)N(C)C(C)(C)C(=O)O)ccc21. The molecular weight excluding hydrogens is 351 g/mol. The molecule has 0 unspecified atom stereocenters. The van der Waals surface area contributed by atoms with Crippen molar-refractivity contribution in [2.45, 2.75) is 45.5 Å². The molecular formula is C17H20F3N3O3. The normalized spacial score (nSPS) is 12.7. The number of hydrogen-bond acceptors (Lipinski definition) is 3. The summed E-state index contributed by atoms with van der Waals surface area (Å²) in [6.45, 7) is 5.94. The fourth-order valence-electron chi connectivity index (χ4n) is 2.55. The van der Waals surface area contributed by atoms with Crippen LogP contribution in [0, 0.1) is 0 Å². The van der Waals surface area contributed by atoms with Crippen LogP contribution in [0.25, 0.3) is 11.0 Å². The molecule has 6 nitrogen and oxygen atoms in total. The number of carbonyl (C=O) groups excluding carboxylic acids is 1. The Kier molecular flexibility index (Phi) is 4.78. The van der Waals surface area contributed by atoms with Crippen LogP contribution in [-0.2, 0) is 11.0 Å². The molecule has 0 aliphatic rings.